The van der Waals surface area contributed by atoms with E-state index in [1.165, 1.54) is 30.4 Å². The number of rotatable bonds is 17. The van der Waals surface area contributed by atoms with E-state index in [0.29, 0.717) is 55.8 Å². The number of benzene rings is 1. The van der Waals surface area contributed by atoms with Crippen LogP contribution in [0.15, 0.2) is 18.2 Å². The van der Waals surface area contributed by atoms with Crippen molar-refractivity contribution >= 4 is 5.97 Å². The summed E-state index contributed by atoms with van der Waals surface area (Å²) in [5, 5.41) is 29.0. The minimum Gasteiger partial charge on any atom is -0.508 e. The number of ether oxygens (including phenoxy) is 3. The number of aromatic hydroxyl groups is 1. The van der Waals surface area contributed by atoms with E-state index < -0.39 is 5.97 Å². The van der Waals surface area contributed by atoms with Crippen LogP contribution in [0.3, 0.4) is 0 Å². The third-order valence-electron chi connectivity index (χ3n) is 7.96. The number of aliphatic hydroxyl groups excluding tert-OH is 1. The Morgan fingerprint density at radius 2 is 1.72 bits per heavy atom. The lowest BCUT2D eigenvalue weighted by atomic mass is 9.61. The van der Waals surface area contributed by atoms with Crippen molar-refractivity contribution in [3.05, 3.63) is 29.3 Å². The highest BCUT2D eigenvalue weighted by Crippen LogP contribution is 2.51. The zero-order chi connectivity index (χ0) is 25.8. The van der Waals surface area contributed by atoms with Gasteiger partial charge in [0.2, 0.25) is 0 Å². The first-order chi connectivity index (χ1) is 17.5. The van der Waals surface area contributed by atoms with Crippen LogP contribution in [-0.2, 0) is 25.4 Å². The molecule has 0 aliphatic heterocycles. The molecule has 36 heavy (non-hydrogen) atoms. The second-order valence-electron chi connectivity index (χ2n) is 10.6. The number of hydrogen-bond donors (Lipinski definition) is 3. The quantitative estimate of drug-likeness (QED) is 0.258. The standard InChI is InChI=1S/C29H46O7/c1-2-3-7-27-26-11-10-25(31)19-23(26)17-21(29(27)22-8-9-24(30)18-22)6-4-5-12-34-13-14-35-15-16-36-20-28(32)33/h10-11,19,21-22,24,27,29-31H,2-9,12-18,20H2,1H3,(H,32,33)/t21-,22-,24+,27-,29+/m1/s1. The predicted octanol–water partition coefficient (Wildman–Crippen LogP) is 4.92. The van der Waals surface area contributed by atoms with Crippen LogP contribution in [0.25, 0.3) is 0 Å². The summed E-state index contributed by atoms with van der Waals surface area (Å²) in [6, 6.07) is 5.99. The highest BCUT2D eigenvalue weighted by Gasteiger charge is 2.42. The lowest BCUT2D eigenvalue weighted by Crippen LogP contribution is -2.35. The predicted molar refractivity (Wildman–Crippen MR) is 138 cm³/mol. The van der Waals surface area contributed by atoms with Gasteiger partial charge >= 0.3 is 5.97 Å². The smallest absolute Gasteiger partial charge is 0.329 e. The Kier molecular flexibility index (Phi) is 12.5. The molecule has 1 aromatic carbocycles. The van der Waals surface area contributed by atoms with Crippen molar-refractivity contribution < 1.29 is 34.3 Å². The lowest BCUT2D eigenvalue weighted by Gasteiger charge is -2.43. The van der Waals surface area contributed by atoms with Gasteiger partial charge in [-0.2, -0.15) is 0 Å². The molecule has 0 unspecified atom stereocenters. The van der Waals surface area contributed by atoms with Gasteiger partial charge in [0.1, 0.15) is 12.4 Å². The van der Waals surface area contributed by atoms with Gasteiger partial charge in [-0.05, 0) is 91.9 Å². The topological polar surface area (TPSA) is 105 Å². The molecule has 1 aromatic rings. The number of phenols is 1. The highest BCUT2D eigenvalue weighted by atomic mass is 16.5. The van der Waals surface area contributed by atoms with Gasteiger partial charge in [-0.3, -0.25) is 0 Å². The molecule has 0 heterocycles. The summed E-state index contributed by atoms with van der Waals surface area (Å²) in [7, 11) is 0. The molecule has 2 aliphatic carbocycles. The Morgan fingerprint density at radius 3 is 2.42 bits per heavy atom. The number of aliphatic carboxylic acids is 1. The molecule has 2 aliphatic rings. The van der Waals surface area contributed by atoms with E-state index in [1.807, 2.05) is 12.1 Å². The van der Waals surface area contributed by atoms with Gasteiger partial charge in [-0.15, -0.1) is 0 Å². The largest absolute Gasteiger partial charge is 0.508 e. The Hall–Kier alpha value is -1.67. The molecule has 204 valence electrons. The van der Waals surface area contributed by atoms with Crippen LogP contribution in [0, 0.1) is 17.8 Å². The van der Waals surface area contributed by atoms with Gasteiger partial charge in [-0.1, -0.05) is 32.3 Å². The molecule has 7 heteroatoms. The second-order valence-corrected chi connectivity index (χ2v) is 10.6. The van der Waals surface area contributed by atoms with Crippen molar-refractivity contribution in [2.75, 3.05) is 39.6 Å². The van der Waals surface area contributed by atoms with Crippen LogP contribution < -0.4 is 0 Å². The minimum atomic E-state index is -0.974. The van der Waals surface area contributed by atoms with Gasteiger partial charge in [0.25, 0.3) is 0 Å². The summed E-state index contributed by atoms with van der Waals surface area (Å²) in [5.41, 5.74) is 2.75. The SMILES string of the molecule is CCCC[C@@H]1c2ccc(O)cc2C[C@@H](CCCCOCCOCCOCC(=O)O)[C@H]1[C@@H]1CC[C@H](O)C1. The lowest BCUT2D eigenvalue weighted by molar-refractivity contribution is -0.142. The van der Waals surface area contributed by atoms with Gasteiger partial charge < -0.3 is 29.5 Å². The molecule has 0 spiro atoms. The molecule has 0 bridgehead atoms. The number of fused-ring (bicyclic) bond motifs is 1. The van der Waals surface area contributed by atoms with Crippen molar-refractivity contribution in [3.8, 4) is 5.75 Å². The van der Waals surface area contributed by atoms with Crippen molar-refractivity contribution in [2.45, 2.75) is 83.2 Å². The average molecular weight is 507 g/mol. The third kappa shape index (κ3) is 9.02. The summed E-state index contributed by atoms with van der Waals surface area (Å²) >= 11 is 0. The maximum atomic E-state index is 10.4. The van der Waals surface area contributed by atoms with Gasteiger partial charge in [0, 0.05) is 6.61 Å². The average Bonchev–Trinajstić information content (AvgIpc) is 3.28. The molecule has 1 saturated carbocycles. The zero-order valence-corrected chi connectivity index (χ0v) is 21.9. The normalized spacial score (nSPS) is 25.7. The molecule has 0 saturated heterocycles. The molecular formula is C29H46O7. The third-order valence-corrected chi connectivity index (χ3v) is 7.96. The van der Waals surface area contributed by atoms with Crippen molar-refractivity contribution in [1.82, 2.24) is 0 Å². The van der Waals surface area contributed by atoms with Crippen LogP contribution in [0.1, 0.15) is 81.8 Å². The first-order valence-corrected chi connectivity index (χ1v) is 13.9. The van der Waals surface area contributed by atoms with E-state index in [-0.39, 0.29) is 19.3 Å². The van der Waals surface area contributed by atoms with E-state index >= 15 is 0 Å². The molecule has 5 atom stereocenters. The molecule has 1 fully saturated rings. The van der Waals surface area contributed by atoms with Crippen LogP contribution in [0.5, 0.6) is 5.75 Å². The van der Waals surface area contributed by atoms with Crippen molar-refractivity contribution in [3.63, 3.8) is 0 Å². The molecular weight excluding hydrogens is 460 g/mol. The number of unbranched alkanes of at least 4 members (excludes halogenated alkanes) is 2. The first-order valence-electron chi connectivity index (χ1n) is 13.9. The Morgan fingerprint density at radius 1 is 0.972 bits per heavy atom. The highest BCUT2D eigenvalue weighted by molar-refractivity contribution is 5.67. The summed E-state index contributed by atoms with van der Waals surface area (Å²) in [4.78, 5) is 10.4. The fraction of sp³-hybridized carbons (Fsp3) is 0.759. The maximum absolute atomic E-state index is 10.4. The van der Waals surface area contributed by atoms with Gasteiger partial charge in [0.05, 0.1) is 32.5 Å². The van der Waals surface area contributed by atoms with E-state index in [4.69, 9.17) is 19.3 Å². The fourth-order valence-corrected chi connectivity index (χ4v) is 6.42. The Balaban J connectivity index is 1.47. The number of carboxylic acid groups (broad SMARTS) is 1. The van der Waals surface area contributed by atoms with E-state index in [9.17, 15) is 15.0 Å². The molecule has 0 aromatic heterocycles. The van der Waals surface area contributed by atoms with Crippen molar-refractivity contribution in [1.29, 1.82) is 0 Å². The summed E-state index contributed by atoms with van der Waals surface area (Å²) in [6.45, 7) is 4.30. The van der Waals surface area contributed by atoms with Gasteiger partial charge in [-0.25, -0.2) is 4.79 Å². The number of aliphatic hydroxyl groups is 1. The number of carboxylic acids is 1. The first kappa shape index (κ1) is 28.9. The van der Waals surface area contributed by atoms with E-state index in [0.717, 1.165) is 44.9 Å². The minimum absolute atomic E-state index is 0.150. The molecule has 3 rings (SSSR count). The van der Waals surface area contributed by atoms with E-state index in [2.05, 4.69) is 13.0 Å². The fourth-order valence-electron chi connectivity index (χ4n) is 6.42. The maximum Gasteiger partial charge on any atom is 0.329 e. The number of phenolic OH excluding ortho intramolecular Hbond substituents is 1. The summed E-state index contributed by atoms with van der Waals surface area (Å²) in [5.74, 6) is 1.66. The van der Waals surface area contributed by atoms with Crippen molar-refractivity contribution in [2.24, 2.45) is 17.8 Å². The van der Waals surface area contributed by atoms with Gasteiger partial charge in [0.15, 0.2) is 0 Å². The molecule has 3 N–H and O–H groups in total. The molecule has 0 radical (unpaired) electrons. The zero-order valence-electron chi connectivity index (χ0n) is 21.9. The Bertz CT molecular complexity index is 783. The van der Waals surface area contributed by atoms with Crippen LogP contribution in [0.2, 0.25) is 0 Å². The summed E-state index contributed by atoms with van der Waals surface area (Å²) in [6.07, 6.45) is 10.7. The second kappa shape index (κ2) is 15.6. The number of carbonyl (C=O) groups is 1. The molecule has 7 nitrogen and oxygen atoms in total. The van der Waals surface area contributed by atoms with Crippen LogP contribution >= 0.6 is 0 Å². The molecule has 0 amide bonds. The van der Waals surface area contributed by atoms with E-state index in [1.54, 1.807) is 0 Å². The monoisotopic (exact) mass is 506 g/mol. The van der Waals surface area contributed by atoms with Crippen LogP contribution in [0.4, 0.5) is 0 Å². The number of hydrogen-bond acceptors (Lipinski definition) is 6. The Labute approximate surface area is 216 Å². The van der Waals surface area contributed by atoms with Crippen LogP contribution in [-0.4, -0.2) is 67.0 Å². The summed E-state index contributed by atoms with van der Waals surface area (Å²) < 4.78 is 16.1.